The summed E-state index contributed by atoms with van der Waals surface area (Å²) in [5, 5.41) is 6.06. The van der Waals surface area contributed by atoms with E-state index in [0.29, 0.717) is 21.5 Å². The van der Waals surface area contributed by atoms with E-state index in [-0.39, 0.29) is 5.69 Å². The molecule has 0 bridgehead atoms. The maximum atomic E-state index is 12.8. The number of hydrogen-bond donors (Lipinski definition) is 2. The molecule has 2 aromatic carbocycles. The van der Waals surface area contributed by atoms with Crippen molar-refractivity contribution in [1.29, 1.82) is 0 Å². The highest BCUT2D eigenvalue weighted by Crippen LogP contribution is 2.31. The molecule has 0 aliphatic heterocycles. The van der Waals surface area contributed by atoms with E-state index in [1.807, 2.05) is 12.1 Å². The zero-order chi connectivity index (χ0) is 20.3. The lowest BCUT2D eigenvalue weighted by molar-refractivity contribution is -0.137. The fourth-order valence-corrected chi connectivity index (χ4v) is 3.33. The number of anilines is 3. The third kappa shape index (κ3) is 4.61. The zero-order valence-corrected chi connectivity index (χ0v) is 15.7. The number of aryl methyl sites for hydroxylation is 1. The lowest BCUT2D eigenvalue weighted by Crippen LogP contribution is -2.13. The molecular weight excluding hydrogens is 391 g/mol. The number of nitrogens with one attached hydrogen (secondary N) is 2. The Morgan fingerprint density at radius 1 is 1.11 bits per heavy atom. The van der Waals surface area contributed by atoms with Crippen molar-refractivity contribution in [3.8, 4) is 5.75 Å². The summed E-state index contributed by atoms with van der Waals surface area (Å²) in [6, 6.07) is 11.7. The molecular formula is C19H16F3N3O2S. The molecule has 0 radical (unpaired) electrons. The zero-order valence-electron chi connectivity index (χ0n) is 14.9. The number of carbonyl (C=O) groups is 1. The molecule has 0 aliphatic carbocycles. The molecule has 0 saturated heterocycles. The standard InChI is InChI=1S/C19H16F3N3O2S/c1-11-16(17(26)24-13-6-3-5-12(9-13)19(20,21)22)28-18(23-11)25-14-7-4-8-15(10-14)27-2/h3-10H,1-2H3,(H,23,25)(H,24,26). The minimum atomic E-state index is -4.48. The first kappa shape index (κ1) is 19.7. The van der Waals surface area contributed by atoms with Gasteiger partial charge in [0.2, 0.25) is 0 Å². The van der Waals surface area contributed by atoms with Gasteiger partial charge in [-0.3, -0.25) is 4.79 Å². The predicted molar refractivity (Wildman–Crippen MR) is 103 cm³/mol. The number of amides is 1. The Hall–Kier alpha value is -3.07. The molecule has 1 heterocycles. The highest BCUT2D eigenvalue weighted by molar-refractivity contribution is 7.17. The van der Waals surface area contributed by atoms with Crippen LogP contribution in [0.15, 0.2) is 48.5 Å². The SMILES string of the molecule is COc1cccc(Nc2nc(C)c(C(=O)Nc3cccc(C(F)(F)F)c3)s2)c1. The van der Waals surface area contributed by atoms with E-state index in [9.17, 15) is 18.0 Å². The number of hydrogen-bond acceptors (Lipinski definition) is 5. The second-order valence-electron chi connectivity index (χ2n) is 5.82. The second-order valence-corrected chi connectivity index (χ2v) is 6.82. The van der Waals surface area contributed by atoms with Crippen LogP contribution in [0, 0.1) is 6.92 Å². The molecule has 0 unspecified atom stereocenters. The van der Waals surface area contributed by atoms with E-state index in [0.717, 1.165) is 29.2 Å². The van der Waals surface area contributed by atoms with E-state index >= 15 is 0 Å². The quantitative estimate of drug-likeness (QED) is 0.588. The van der Waals surface area contributed by atoms with Gasteiger partial charge < -0.3 is 15.4 Å². The summed E-state index contributed by atoms with van der Waals surface area (Å²) in [4.78, 5) is 17.1. The highest BCUT2D eigenvalue weighted by Gasteiger charge is 2.30. The predicted octanol–water partition coefficient (Wildman–Crippen LogP) is 5.47. The van der Waals surface area contributed by atoms with Crippen LogP contribution in [-0.4, -0.2) is 18.0 Å². The van der Waals surface area contributed by atoms with Crippen molar-refractivity contribution in [1.82, 2.24) is 4.98 Å². The number of benzene rings is 2. The molecule has 1 amide bonds. The molecule has 28 heavy (non-hydrogen) atoms. The number of thiazole rings is 1. The van der Waals surface area contributed by atoms with Crippen LogP contribution in [0.2, 0.25) is 0 Å². The fraction of sp³-hybridized carbons (Fsp3) is 0.158. The van der Waals surface area contributed by atoms with Gasteiger partial charge in [-0.2, -0.15) is 13.2 Å². The smallest absolute Gasteiger partial charge is 0.416 e. The van der Waals surface area contributed by atoms with Crippen LogP contribution >= 0.6 is 11.3 Å². The van der Waals surface area contributed by atoms with Gasteiger partial charge in [-0.1, -0.05) is 23.5 Å². The van der Waals surface area contributed by atoms with E-state index in [1.54, 1.807) is 26.2 Å². The Labute approximate surface area is 163 Å². The first-order valence-corrected chi connectivity index (χ1v) is 8.95. The highest BCUT2D eigenvalue weighted by atomic mass is 32.1. The van der Waals surface area contributed by atoms with Crippen molar-refractivity contribution in [3.63, 3.8) is 0 Å². The third-order valence-electron chi connectivity index (χ3n) is 3.77. The number of aromatic nitrogens is 1. The molecule has 3 rings (SSSR count). The Kier molecular flexibility index (Phi) is 5.55. The summed E-state index contributed by atoms with van der Waals surface area (Å²) in [6.45, 7) is 1.66. The van der Waals surface area contributed by atoms with Gasteiger partial charge >= 0.3 is 6.18 Å². The van der Waals surface area contributed by atoms with Crippen LogP contribution in [-0.2, 0) is 6.18 Å². The van der Waals surface area contributed by atoms with Gasteiger partial charge in [0, 0.05) is 17.4 Å². The fourth-order valence-electron chi connectivity index (χ4n) is 2.45. The summed E-state index contributed by atoms with van der Waals surface area (Å²) in [7, 11) is 1.56. The Morgan fingerprint density at radius 3 is 2.54 bits per heavy atom. The van der Waals surface area contributed by atoms with Gasteiger partial charge in [0.25, 0.3) is 5.91 Å². The molecule has 0 fully saturated rings. The summed E-state index contributed by atoms with van der Waals surface area (Å²) < 4.78 is 43.6. The average Bonchev–Trinajstić information content (AvgIpc) is 3.01. The van der Waals surface area contributed by atoms with Gasteiger partial charge in [-0.15, -0.1) is 0 Å². The van der Waals surface area contributed by atoms with Crippen molar-refractivity contribution in [2.24, 2.45) is 0 Å². The van der Waals surface area contributed by atoms with E-state index in [2.05, 4.69) is 15.6 Å². The summed E-state index contributed by atoms with van der Waals surface area (Å²) >= 11 is 1.11. The summed E-state index contributed by atoms with van der Waals surface area (Å²) in [6.07, 6.45) is -4.48. The van der Waals surface area contributed by atoms with E-state index in [4.69, 9.17) is 4.74 Å². The van der Waals surface area contributed by atoms with Crippen molar-refractivity contribution in [2.75, 3.05) is 17.7 Å². The third-order valence-corrected chi connectivity index (χ3v) is 4.84. The van der Waals surface area contributed by atoms with Crippen LogP contribution < -0.4 is 15.4 Å². The van der Waals surface area contributed by atoms with Gasteiger partial charge in [0.05, 0.1) is 18.4 Å². The minimum Gasteiger partial charge on any atom is -0.497 e. The number of carbonyl (C=O) groups excluding carboxylic acids is 1. The van der Waals surface area contributed by atoms with Crippen molar-refractivity contribution in [2.45, 2.75) is 13.1 Å². The molecule has 2 N–H and O–H groups in total. The summed E-state index contributed by atoms with van der Waals surface area (Å²) in [5.41, 5.74) is 0.444. The van der Waals surface area contributed by atoms with Crippen LogP contribution in [0.1, 0.15) is 20.9 Å². The number of nitrogens with zero attached hydrogens (tertiary/aromatic N) is 1. The molecule has 0 spiro atoms. The first-order chi connectivity index (χ1) is 13.3. The van der Waals surface area contributed by atoms with Crippen LogP contribution in [0.5, 0.6) is 5.75 Å². The van der Waals surface area contributed by atoms with E-state index < -0.39 is 17.6 Å². The van der Waals surface area contributed by atoms with Gasteiger partial charge in [0.1, 0.15) is 10.6 Å². The lowest BCUT2D eigenvalue weighted by atomic mass is 10.2. The topological polar surface area (TPSA) is 63.2 Å². The lowest BCUT2D eigenvalue weighted by Gasteiger charge is -2.09. The summed E-state index contributed by atoms with van der Waals surface area (Å²) in [5.74, 6) is 0.147. The maximum Gasteiger partial charge on any atom is 0.416 e. The number of rotatable bonds is 5. The van der Waals surface area contributed by atoms with Gasteiger partial charge in [0.15, 0.2) is 5.13 Å². The number of methoxy groups -OCH3 is 1. The second kappa shape index (κ2) is 7.89. The Bertz CT molecular complexity index is 1000. The van der Waals surface area contributed by atoms with Gasteiger partial charge in [-0.05, 0) is 37.3 Å². The number of halogens is 3. The first-order valence-electron chi connectivity index (χ1n) is 8.13. The molecule has 9 heteroatoms. The molecule has 0 aliphatic rings. The average molecular weight is 407 g/mol. The molecule has 5 nitrogen and oxygen atoms in total. The van der Waals surface area contributed by atoms with Crippen molar-refractivity contribution in [3.05, 3.63) is 64.7 Å². The van der Waals surface area contributed by atoms with Crippen molar-refractivity contribution < 1.29 is 22.7 Å². The molecule has 0 atom stereocenters. The number of ether oxygens (including phenoxy) is 1. The monoisotopic (exact) mass is 407 g/mol. The Morgan fingerprint density at radius 2 is 1.82 bits per heavy atom. The van der Waals surface area contributed by atoms with E-state index in [1.165, 1.54) is 12.1 Å². The van der Waals surface area contributed by atoms with Crippen molar-refractivity contribution >= 4 is 33.8 Å². The Balaban J connectivity index is 1.76. The molecule has 146 valence electrons. The van der Waals surface area contributed by atoms with Crippen LogP contribution in [0.25, 0.3) is 0 Å². The largest absolute Gasteiger partial charge is 0.497 e. The van der Waals surface area contributed by atoms with Crippen LogP contribution in [0.3, 0.4) is 0 Å². The number of alkyl halides is 3. The molecule has 0 saturated carbocycles. The maximum absolute atomic E-state index is 12.8. The van der Waals surface area contributed by atoms with Gasteiger partial charge in [-0.25, -0.2) is 4.98 Å². The molecule has 3 aromatic rings. The normalized spacial score (nSPS) is 11.2. The van der Waals surface area contributed by atoms with Crippen LogP contribution in [0.4, 0.5) is 29.7 Å². The minimum absolute atomic E-state index is 0.0647. The molecule has 1 aromatic heterocycles.